The van der Waals surface area contributed by atoms with E-state index in [2.05, 4.69) is 20.5 Å². The number of nitrogens with zero attached hydrogens (tertiary/aromatic N) is 5. The van der Waals surface area contributed by atoms with Gasteiger partial charge < -0.3 is 5.32 Å². The molecular formula is C14H14N6O. The third kappa shape index (κ3) is 1.74. The van der Waals surface area contributed by atoms with Crippen molar-refractivity contribution in [2.45, 2.75) is 19.3 Å². The second-order valence-corrected chi connectivity index (χ2v) is 5.30. The summed E-state index contributed by atoms with van der Waals surface area (Å²) in [5.74, 6) is 0.802. The van der Waals surface area contributed by atoms with Crippen LogP contribution in [-0.4, -0.2) is 30.3 Å². The molecule has 3 aromatic rings. The van der Waals surface area contributed by atoms with Crippen molar-refractivity contribution in [1.82, 2.24) is 24.4 Å². The maximum atomic E-state index is 12.0. The van der Waals surface area contributed by atoms with E-state index >= 15 is 0 Å². The predicted octanol–water partition coefficient (Wildman–Crippen LogP) is 1.25. The lowest BCUT2D eigenvalue weighted by atomic mass is 9.86. The summed E-state index contributed by atoms with van der Waals surface area (Å²) in [5.41, 5.74) is 3.86. The molecule has 0 saturated heterocycles. The zero-order valence-corrected chi connectivity index (χ0v) is 11.7. The lowest BCUT2D eigenvalue weighted by molar-refractivity contribution is -0.116. The van der Waals surface area contributed by atoms with E-state index in [0.29, 0.717) is 6.42 Å². The van der Waals surface area contributed by atoms with Crippen LogP contribution in [-0.2, 0) is 11.8 Å². The zero-order valence-electron chi connectivity index (χ0n) is 11.7. The Morgan fingerprint density at radius 2 is 2.29 bits per heavy atom. The normalized spacial score (nSPS) is 17.8. The van der Waals surface area contributed by atoms with Gasteiger partial charge in [-0.25, -0.2) is 9.50 Å². The van der Waals surface area contributed by atoms with Gasteiger partial charge in [-0.2, -0.15) is 10.2 Å². The van der Waals surface area contributed by atoms with Crippen LogP contribution in [0.4, 0.5) is 5.82 Å². The molecule has 4 rings (SSSR count). The van der Waals surface area contributed by atoms with Crippen molar-refractivity contribution >= 4 is 17.4 Å². The molecule has 7 heteroatoms. The summed E-state index contributed by atoms with van der Waals surface area (Å²) in [6.07, 6.45) is 3.81. The molecule has 0 spiro atoms. The van der Waals surface area contributed by atoms with E-state index in [1.54, 1.807) is 9.20 Å². The molecule has 1 unspecified atom stereocenters. The van der Waals surface area contributed by atoms with Gasteiger partial charge >= 0.3 is 0 Å². The number of fused-ring (bicyclic) bond motifs is 2. The molecule has 0 bridgehead atoms. The van der Waals surface area contributed by atoms with Crippen LogP contribution in [0.25, 0.3) is 5.65 Å². The second kappa shape index (κ2) is 4.15. The Hall–Kier alpha value is -2.70. The third-order valence-corrected chi connectivity index (χ3v) is 3.97. The Bertz CT molecular complexity index is 862. The number of carbonyl (C=O) groups excluding carboxylic acids is 1. The van der Waals surface area contributed by atoms with Crippen molar-refractivity contribution in [2.75, 3.05) is 5.32 Å². The molecule has 1 aliphatic heterocycles. The molecule has 1 N–H and O–H groups in total. The maximum absolute atomic E-state index is 12.0. The fourth-order valence-electron chi connectivity index (χ4n) is 3.04. The molecule has 0 aromatic carbocycles. The lowest BCUT2D eigenvalue weighted by Gasteiger charge is -2.23. The highest BCUT2D eigenvalue weighted by Gasteiger charge is 2.31. The highest BCUT2D eigenvalue weighted by atomic mass is 16.1. The van der Waals surface area contributed by atoms with E-state index in [-0.39, 0.29) is 11.8 Å². The topological polar surface area (TPSA) is 77.1 Å². The zero-order chi connectivity index (χ0) is 14.6. The van der Waals surface area contributed by atoms with E-state index in [9.17, 15) is 4.79 Å². The summed E-state index contributed by atoms with van der Waals surface area (Å²) in [4.78, 5) is 16.2. The van der Waals surface area contributed by atoms with Crippen LogP contribution in [0.2, 0.25) is 0 Å². The number of amides is 1. The van der Waals surface area contributed by atoms with E-state index < -0.39 is 0 Å². The van der Waals surface area contributed by atoms with Gasteiger partial charge in [-0.15, -0.1) is 0 Å². The van der Waals surface area contributed by atoms with Gasteiger partial charge in [0.1, 0.15) is 12.1 Å². The number of nitrogens with one attached hydrogen (secondary N) is 1. The number of anilines is 1. The van der Waals surface area contributed by atoms with Crippen LogP contribution in [0, 0.1) is 6.92 Å². The van der Waals surface area contributed by atoms with Gasteiger partial charge in [0.2, 0.25) is 5.91 Å². The average molecular weight is 282 g/mol. The molecular weight excluding hydrogens is 268 g/mol. The smallest absolute Gasteiger partial charge is 0.226 e. The standard InChI is InChI=1S/C14H14N6O/c1-8-13-10(6-12(21)17-14(13)19(2)18-8)9-3-4-20-11(5-9)15-7-16-20/h3-5,7,10H,6H2,1-2H3,(H,17,21). The first kappa shape index (κ1) is 12.1. The summed E-state index contributed by atoms with van der Waals surface area (Å²) >= 11 is 0. The summed E-state index contributed by atoms with van der Waals surface area (Å²) in [6.45, 7) is 1.97. The number of hydrogen-bond donors (Lipinski definition) is 1. The molecule has 1 atom stereocenters. The minimum atomic E-state index is 0.00384. The molecule has 106 valence electrons. The van der Waals surface area contributed by atoms with E-state index in [1.807, 2.05) is 32.3 Å². The Morgan fingerprint density at radius 1 is 1.43 bits per heavy atom. The minimum Gasteiger partial charge on any atom is -0.311 e. The molecule has 21 heavy (non-hydrogen) atoms. The van der Waals surface area contributed by atoms with Gasteiger partial charge in [-0.1, -0.05) is 0 Å². The average Bonchev–Trinajstić information content (AvgIpc) is 3.03. The van der Waals surface area contributed by atoms with Crippen molar-refractivity contribution < 1.29 is 4.79 Å². The number of aromatic nitrogens is 5. The first-order chi connectivity index (χ1) is 10.1. The Balaban J connectivity index is 1.90. The minimum absolute atomic E-state index is 0.00384. The highest BCUT2D eigenvalue weighted by Crippen LogP contribution is 2.38. The number of rotatable bonds is 1. The van der Waals surface area contributed by atoms with Crippen LogP contribution < -0.4 is 5.32 Å². The maximum Gasteiger partial charge on any atom is 0.226 e. The van der Waals surface area contributed by atoms with Crippen LogP contribution in [0.15, 0.2) is 24.7 Å². The molecule has 0 aliphatic carbocycles. The second-order valence-electron chi connectivity index (χ2n) is 5.30. The van der Waals surface area contributed by atoms with Crippen LogP contribution in [0.3, 0.4) is 0 Å². The SMILES string of the molecule is Cc1nn(C)c2c1C(c1ccn3ncnc3c1)CC(=O)N2. The molecule has 7 nitrogen and oxygen atoms in total. The fraction of sp³-hybridized carbons (Fsp3) is 0.286. The summed E-state index contributed by atoms with van der Waals surface area (Å²) in [7, 11) is 1.84. The van der Waals surface area contributed by atoms with Crippen molar-refractivity contribution in [3.05, 3.63) is 41.5 Å². The summed E-state index contributed by atoms with van der Waals surface area (Å²) < 4.78 is 3.44. The number of carbonyl (C=O) groups is 1. The number of hydrogen-bond acceptors (Lipinski definition) is 4. The Morgan fingerprint density at radius 3 is 3.14 bits per heavy atom. The highest BCUT2D eigenvalue weighted by molar-refractivity contribution is 5.94. The lowest BCUT2D eigenvalue weighted by Crippen LogP contribution is -2.24. The summed E-state index contributed by atoms with van der Waals surface area (Å²) in [5, 5.41) is 11.4. The van der Waals surface area contributed by atoms with Crippen molar-refractivity contribution in [3.63, 3.8) is 0 Å². The van der Waals surface area contributed by atoms with Gasteiger partial charge in [0.25, 0.3) is 0 Å². The van der Waals surface area contributed by atoms with E-state index in [1.165, 1.54) is 6.33 Å². The quantitative estimate of drug-likeness (QED) is 0.728. The number of pyridine rings is 1. The van der Waals surface area contributed by atoms with Crippen molar-refractivity contribution in [1.29, 1.82) is 0 Å². The third-order valence-electron chi connectivity index (χ3n) is 3.97. The fourth-order valence-corrected chi connectivity index (χ4v) is 3.04. The van der Waals surface area contributed by atoms with Gasteiger partial charge in [-0.3, -0.25) is 9.48 Å². The summed E-state index contributed by atoms with van der Waals surface area (Å²) in [6, 6.07) is 3.97. The van der Waals surface area contributed by atoms with Crippen molar-refractivity contribution in [2.24, 2.45) is 7.05 Å². The van der Waals surface area contributed by atoms with E-state index in [4.69, 9.17) is 0 Å². The van der Waals surface area contributed by atoms with Crippen LogP contribution in [0.1, 0.15) is 29.2 Å². The Labute approximate surface area is 120 Å². The monoisotopic (exact) mass is 282 g/mol. The molecule has 3 aromatic heterocycles. The molecule has 0 radical (unpaired) electrons. The first-order valence-corrected chi connectivity index (χ1v) is 6.76. The molecule has 0 fully saturated rings. The molecule has 4 heterocycles. The predicted molar refractivity (Wildman–Crippen MR) is 76.0 cm³/mol. The molecule has 1 aliphatic rings. The van der Waals surface area contributed by atoms with Crippen molar-refractivity contribution in [3.8, 4) is 0 Å². The Kier molecular flexibility index (Phi) is 2.38. The van der Waals surface area contributed by atoms with E-state index in [0.717, 1.165) is 28.3 Å². The van der Waals surface area contributed by atoms with Gasteiger partial charge in [0.05, 0.1) is 5.69 Å². The number of aryl methyl sites for hydroxylation is 2. The largest absolute Gasteiger partial charge is 0.311 e. The van der Waals surface area contributed by atoms with Crippen LogP contribution in [0.5, 0.6) is 0 Å². The van der Waals surface area contributed by atoms with Gasteiger partial charge in [0, 0.05) is 31.1 Å². The molecule has 1 amide bonds. The van der Waals surface area contributed by atoms with Gasteiger partial charge in [0.15, 0.2) is 5.65 Å². The molecule has 0 saturated carbocycles. The van der Waals surface area contributed by atoms with Crippen LogP contribution >= 0.6 is 0 Å². The first-order valence-electron chi connectivity index (χ1n) is 6.76. The van der Waals surface area contributed by atoms with Gasteiger partial charge in [-0.05, 0) is 24.6 Å².